The van der Waals surface area contributed by atoms with Crippen molar-refractivity contribution >= 4 is 56.9 Å². The lowest BCUT2D eigenvalue weighted by atomic mass is 10.2. The first-order valence-corrected chi connectivity index (χ1v) is 11.4. The minimum absolute atomic E-state index is 0. The lowest BCUT2D eigenvalue weighted by Crippen LogP contribution is -3.00. The van der Waals surface area contributed by atoms with Crippen LogP contribution in [0.3, 0.4) is 0 Å². The Morgan fingerprint density at radius 1 is 1.00 bits per heavy atom. The van der Waals surface area contributed by atoms with Crippen molar-refractivity contribution in [2.24, 2.45) is 7.05 Å². The first kappa shape index (κ1) is 23.3. The molecule has 168 valence electrons. The standard InChI is InChI=1S/C24H26Cl2N5.HI/c1-4-29-21-13-17(25)18(26)14-22(21)30(5-2)23(29)9-6-15-10-11-31-20-12-16(27)7-8-19(20)28(3)24(15)31;/h6-9,12-14H,4-5,10-11,27H2,1-3H3;1H/q+1;/p-1. The van der Waals surface area contributed by atoms with Crippen molar-refractivity contribution in [1.29, 1.82) is 0 Å². The van der Waals surface area contributed by atoms with Crippen LogP contribution >= 0.6 is 23.2 Å². The minimum atomic E-state index is 0. The van der Waals surface area contributed by atoms with Crippen LogP contribution in [0, 0.1) is 0 Å². The van der Waals surface area contributed by atoms with Crippen molar-refractivity contribution in [1.82, 2.24) is 4.57 Å². The molecular weight excluding hydrogens is 556 g/mol. The highest BCUT2D eigenvalue weighted by Crippen LogP contribution is 2.45. The number of nitrogens with two attached hydrogens (primary N) is 1. The molecule has 0 atom stereocenters. The van der Waals surface area contributed by atoms with Gasteiger partial charge in [0.25, 0.3) is 5.82 Å². The predicted molar refractivity (Wildman–Crippen MR) is 131 cm³/mol. The van der Waals surface area contributed by atoms with Gasteiger partial charge in [0.2, 0.25) is 0 Å². The second kappa shape index (κ2) is 8.80. The van der Waals surface area contributed by atoms with Crippen LogP contribution in [-0.2, 0) is 13.6 Å². The Labute approximate surface area is 215 Å². The molecule has 0 spiro atoms. The van der Waals surface area contributed by atoms with Crippen LogP contribution < -0.4 is 44.1 Å². The summed E-state index contributed by atoms with van der Waals surface area (Å²) in [5.74, 6) is 2.39. The molecule has 5 rings (SSSR count). The van der Waals surface area contributed by atoms with E-state index in [1.165, 1.54) is 22.4 Å². The van der Waals surface area contributed by atoms with Crippen LogP contribution in [0.25, 0.3) is 16.6 Å². The van der Waals surface area contributed by atoms with Crippen molar-refractivity contribution in [3.8, 4) is 0 Å². The second-order valence-electron chi connectivity index (χ2n) is 7.99. The monoisotopic (exact) mass is 581 g/mol. The summed E-state index contributed by atoms with van der Waals surface area (Å²) in [6.45, 7) is 6.98. The summed E-state index contributed by atoms with van der Waals surface area (Å²) in [5, 5.41) is 1.17. The van der Waals surface area contributed by atoms with Crippen LogP contribution in [0.4, 0.5) is 17.1 Å². The van der Waals surface area contributed by atoms with Crippen LogP contribution in [-0.4, -0.2) is 17.7 Å². The molecule has 0 bridgehead atoms. The minimum Gasteiger partial charge on any atom is -1.00 e. The molecule has 2 aliphatic rings. The molecular formula is C24H26Cl2IN5. The van der Waals surface area contributed by atoms with Gasteiger partial charge in [-0.15, -0.1) is 0 Å². The van der Waals surface area contributed by atoms with Gasteiger partial charge in [-0.2, -0.15) is 0 Å². The van der Waals surface area contributed by atoms with Crippen molar-refractivity contribution in [3.05, 3.63) is 64.2 Å². The largest absolute Gasteiger partial charge is 1.00 e. The number of aromatic nitrogens is 2. The molecule has 0 radical (unpaired) electrons. The molecule has 0 aliphatic carbocycles. The van der Waals surface area contributed by atoms with Gasteiger partial charge in [-0.1, -0.05) is 23.2 Å². The zero-order valence-electron chi connectivity index (χ0n) is 18.4. The summed E-state index contributed by atoms with van der Waals surface area (Å²) in [6, 6.07) is 10.1. The molecule has 32 heavy (non-hydrogen) atoms. The normalized spacial score (nSPS) is 16.0. The van der Waals surface area contributed by atoms with E-state index < -0.39 is 0 Å². The van der Waals surface area contributed by atoms with Gasteiger partial charge in [0, 0.05) is 36.8 Å². The molecule has 2 aliphatic heterocycles. The molecule has 2 aromatic carbocycles. The van der Waals surface area contributed by atoms with E-state index >= 15 is 0 Å². The van der Waals surface area contributed by atoms with E-state index in [1.54, 1.807) is 0 Å². The van der Waals surface area contributed by atoms with E-state index in [-0.39, 0.29) is 24.0 Å². The zero-order valence-corrected chi connectivity index (χ0v) is 22.0. The number of rotatable bonds is 3. The molecule has 3 aromatic rings. The fourth-order valence-corrected chi connectivity index (χ4v) is 5.25. The summed E-state index contributed by atoms with van der Waals surface area (Å²) in [5.41, 5.74) is 12.8. The van der Waals surface area contributed by atoms with Gasteiger partial charge in [-0.25, -0.2) is 9.13 Å². The second-order valence-corrected chi connectivity index (χ2v) is 8.81. The third kappa shape index (κ3) is 3.47. The number of fused-ring (bicyclic) bond motifs is 4. The maximum absolute atomic E-state index is 6.33. The average Bonchev–Trinajstić information content (AvgIpc) is 3.38. The Hall–Kier alpha value is -1.90. The van der Waals surface area contributed by atoms with E-state index in [9.17, 15) is 0 Å². The van der Waals surface area contributed by atoms with Gasteiger partial charge in [-0.05, 0) is 50.3 Å². The Balaban J connectivity index is 0.00000245. The first-order valence-electron chi connectivity index (χ1n) is 10.7. The molecule has 5 nitrogen and oxygen atoms in total. The predicted octanol–water partition coefficient (Wildman–Crippen LogP) is 2.35. The molecule has 0 amide bonds. The number of aryl methyl sites for hydroxylation is 2. The SMILES string of the molecule is CCN1C(=CC=C2CCn3c2[n+](C)c2ccc(N)cc23)N(CC)c2cc(Cl)c(Cl)cc21.[I-]. The molecule has 0 fully saturated rings. The Bertz CT molecular complexity index is 1240. The Morgan fingerprint density at radius 2 is 1.62 bits per heavy atom. The highest BCUT2D eigenvalue weighted by molar-refractivity contribution is 6.42. The average molecular weight is 582 g/mol. The quantitative estimate of drug-likeness (QED) is 0.293. The lowest BCUT2D eigenvalue weighted by molar-refractivity contribution is -0.647. The van der Waals surface area contributed by atoms with E-state index in [4.69, 9.17) is 28.9 Å². The van der Waals surface area contributed by atoms with E-state index in [2.05, 4.69) is 64.1 Å². The number of imidazole rings is 1. The Kier molecular flexibility index (Phi) is 6.40. The van der Waals surface area contributed by atoms with Crippen LogP contribution in [0.15, 0.2) is 48.3 Å². The van der Waals surface area contributed by atoms with Gasteiger partial charge in [0.15, 0.2) is 11.0 Å². The van der Waals surface area contributed by atoms with Gasteiger partial charge in [-0.3, -0.25) is 0 Å². The number of nitrogens with zero attached hydrogens (tertiary/aromatic N) is 4. The fourth-order valence-electron chi connectivity index (χ4n) is 4.94. The molecule has 0 saturated carbocycles. The molecule has 8 heteroatoms. The Morgan fingerprint density at radius 3 is 2.22 bits per heavy atom. The topological polar surface area (TPSA) is 41.3 Å². The summed E-state index contributed by atoms with van der Waals surface area (Å²) in [6.07, 6.45) is 5.49. The number of anilines is 3. The van der Waals surface area contributed by atoms with E-state index in [0.717, 1.165) is 48.9 Å². The summed E-state index contributed by atoms with van der Waals surface area (Å²) in [7, 11) is 2.13. The van der Waals surface area contributed by atoms with E-state index in [0.29, 0.717) is 10.0 Å². The molecule has 2 N–H and O–H groups in total. The number of benzene rings is 2. The van der Waals surface area contributed by atoms with Crippen molar-refractivity contribution in [2.45, 2.75) is 26.8 Å². The molecule has 0 saturated heterocycles. The van der Waals surface area contributed by atoms with Gasteiger partial charge < -0.3 is 39.5 Å². The van der Waals surface area contributed by atoms with Gasteiger partial charge in [0.05, 0.1) is 35.0 Å². The van der Waals surface area contributed by atoms with Gasteiger partial charge in [0.1, 0.15) is 5.82 Å². The van der Waals surface area contributed by atoms with Crippen LogP contribution in [0.5, 0.6) is 0 Å². The van der Waals surface area contributed by atoms with Crippen molar-refractivity contribution in [3.63, 3.8) is 0 Å². The highest BCUT2D eigenvalue weighted by Gasteiger charge is 2.33. The maximum atomic E-state index is 6.33. The highest BCUT2D eigenvalue weighted by atomic mass is 127. The van der Waals surface area contributed by atoms with Crippen LogP contribution in [0.2, 0.25) is 10.0 Å². The number of halogens is 3. The lowest BCUT2D eigenvalue weighted by Gasteiger charge is -2.23. The zero-order chi connectivity index (χ0) is 21.9. The van der Waals surface area contributed by atoms with Crippen molar-refractivity contribution in [2.75, 3.05) is 28.6 Å². The number of nitrogen functional groups attached to an aromatic ring is 1. The number of hydrogen-bond donors (Lipinski definition) is 1. The number of allylic oxidation sites excluding steroid dienone is 3. The summed E-state index contributed by atoms with van der Waals surface area (Å²) < 4.78 is 4.64. The number of hydrogen-bond acceptors (Lipinski definition) is 3. The van der Waals surface area contributed by atoms with Crippen molar-refractivity contribution < 1.29 is 28.5 Å². The molecule has 0 unspecified atom stereocenters. The third-order valence-electron chi connectivity index (χ3n) is 6.34. The van der Waals surface area contributed by atoms with Gasteiger partial charge >= 0.3 is 0 Å². The smallest absolute Gasteiger partial charge is 0.285 e. The van der Waals surface area contributed by atoms with Crippen LogP contribution in [0.1, 0.15) is 26.1 Å². The summed E-state index contributed by atoms with van der Waals surface area (Å²) >= 11 is 12.7. The fraction of sp³-hybridized carbons (Fsp3) is 0.292. The maximum Gasteiger partial charge on any atom is 0.285 e. The first-order chi connectivity index (χ1) is 14.9. The molecule has 3 heterocycles. The van der Waals surface area contributed by atoms with E-state index in [1.807, 2.05) is 18.2 Å². The third-order valence-corrected chi connectivity index (χ3v) is 7.06. The summed E-state index contributed by atoms with van der Waals surface area (Å²) in [4.78, 5) is 4.59. The molecule has 1 aromatic heterocycles.